The minimum atomic E-state index is -0.456. The van der Waals surface area contributed by atoms with Crippen molar-refractivity contribution in [2.45, 2.75) is 16.8 Å². The maximum atomic E-state index is 11.3. The lowest BCUT2D eigenvalue weighted by atomic mass is 10.2. The Balaban J connectivity index is 1.59. The van der Waals surface area contributed by atoms with Gasteiger partial charge in [-0.25, -0.2) is 9.97 Å². The van der Waals surface area contributed by atoms with Crippen LogP contribution >= 0.6 is 11.8 Å². The fourth-order valence-corrected chi connectivity index (χ4v) is 3.36. The van der Waals surface area contributed by atoms with Gasteiger partial charge in [0.05, 0.1) is 11.0 Å². The summed E-state index contributed by atoms with van der Waals surface area (Å²) in [5.74, 6) is 0.253. The predicted octanol–water partition coefficient (Wildman–Crippen LogP) is 4.18. The Labute approximate surface area is 154 Å². The number of nitrogens with zero attached hydrogens (tertiary/aromatic N) is 2. The third-order valence-corrected chi connectivity index (χ3v) is 4.98. The highest BCUT2D eigenvalue weighted by molar-refractivity contribution is 7.99. The summed E-state index contributed by atoms with van der Waals surface area (Å²) in [5, 5.41) is 0.921. The second kappa shape index (κ2) is 6.65. The topological polar surface area (TPSA) is 84.7 Å². The van der Waals surface area contributed by atoms with Gasteiger partial charge in [-0.15, -0.1) is 0 Å². The number of rotatable bonds is 4. The van der Waals surface area contributed by atoms with E-state index < -0.39 is 5.91 Å². The first-order valence-corrected chi connectivity index (χ1v) is 8.91. The van der Waals surface area contributed by atoms with E-state index in [-0.39, 0.29) is 0 Å². The predicted molar refractivity (Wildman–Crippen MR) is 103 cm³/mol. The summed E-state index contributed by atoms with van der Waals surface area (Å²) in [6.07, 6.45) is 1.79. The molecule has 0 fully saturated rings. The molecule has 0 spiro atoms. The number of carbonyl (C=O) groups excluding carboxylic acids is 1. The van der Waals surface area contributed by atoms with E-state index in [4.69, 9.17) is 5.73 Å². The number of hydrogen-bond acceptors (Lipinski definition) is 4. The van der Waals surface area contributed by atoms with Crippen LogP contribution in [0.25, 0.3) is 22.4 Å². The van der Waals surface area contributed by atoms with Gasteiger partial charge < -0.3 is 10.7 Å². The van der Waals surface area contributed by atoms with E-state index in [2.05, 4.69) is 46.1 Å². The number of aromatic nitrogens is 3. The molecule has 0 unspecified atom stereocenters. The van der Waals surface area contributed by atoms with Crippen molar-refractivity contribution in [3.63, 3.8) is 0 Å². The van der Waals surface area contributed by atoms with Gasteiger partial charge in [0.2, 0.25) is 5.91 Å². The second-order valence-corrected chi connectivity index (χ2v) is 7.08. The average Bonchev–Trinajstić information content (AvgIpc) is 3.07. The number of hydrogen-bond donors (Lipinski definition) is 2. The summed E-state index contributed by atoms with van der Waals surface area (Å²) in [4.78, 5) is 24.7. The molecule has 0 aliphatic heterocycles. The van der Waals surface area contributed by atoms with Crippen LogP contribution in [-0.4, -0.2) is 20.9 Å². The van der Waals surface area contributed by atoms with Gasteiger partial charge in [-0.3, -0.25) is 4.79 Å². The fraction of sp³-hybridized carbons (Fsp3) is 0.0500. The lowest BCUT2D eigenvalue weighted by molar-refractivity contribution is 0.100. The first kappa shape index (κ1) is 16.4. The molecule has 128 valence electrons. The quantitative estimate of drug-likeness (QED) is 0.572. The van der Waals surface area contributed by atoms with Crippen LogP contribution in [-0.2, 0) is 0 Å². The molecular weight excluding hydrogens is 344 g/mol. The summed E-state index contributed by atoms with van der Waals surface area (Å²) in [6.45, 7) is 2.07. The van der Waals surface area contributed by atoms with Crippen LogP contribution in [0.15, 0.2) is 70.7 Å². The Kier molecular flexibility index (Phi) is 4.18. The molecule has 6 heteroatoms. The van der Waals surface area contributed by atoms with Crippen molar-refractivity contribution in [2.24, 2.45) is 5.73 Å². The van der Waals surface area contributed by atoms with E-state index in [1.165, 1.54) is 5.56 Å². The molecule has 26 heavy (non-hydrogen) atoms. The van der Waals surface area contributed by atoms with Crippen molar-refractivity contribution in [3.8, 4) is 11.4 Å². The summed E-state index contributed by atoms with van der Waals surface area (Å²) < 4.78 is 0. The standard InChI is InChI=1S/C20H16N4OS/c1-12-2-6-15(7-3-12)26-18-9-5-14(11-22-18)20-23-16-8-4-13(19(21)25)10-17(16)24-20/h2-11H,1H3,(H2,21,25)(H,23,24). The average molecular weight is 360 g/mol. The molecule has 4 rings (SSSR count). The van der Waals surface area contributed by atoms with Gasteiger partial charge >= 0.3 is 0 Å². The zero-order valence-electron chi connectivity index (χ0n) is 14.1. The van der Waals surface area contributed by atoms with Crippen molar-refractivity contribution in [1.82, 2.24) is 15.0 Å². The lowest BCUT2D eigenvalue weighted by Crippen LogP contribution is -2.10. The molecule has 0 bridgehead atoms. The number of nitrogens with one attached hydrogen (secondary N) is 1. The molecule has 0 aliphatic carbocycles. The number of H-pyrrole nitrogens is 1. The zero-order valence-corrected chi connectivity index (χ0v) is 14.9. The van der Waals surface area contributed by atoms with Crippen molar-refractivity contribution in [2.75, 3.05) is 0 Å². The minimum Gasteiger partial charge on any atom is -0.366 e. The van der Waals surface area contributed by atoms with Crippen LogP contribution in [0.4, 0.5) is 0 Å². The number of imidazole rings is 1. The highest BCUT2D eigenvalue weighted by Crippen LogP contribution is 2.28. The zero-order chi connectivity index (χ0) is 18.1. The monoisotopic (exact) mass is 360 g/mol. The molecule has 0 atom stereocenters. The van der Waals surface area contributed by atoms with Crippen LogP contribution in [0, 0.1) is 6.92 Å². The van der Waals surface area contributed by atoms with Gasteiger partial charge in [0.25, 0.3) is 0 Å². The molecule has 0 saturated carbocycles. The Hall–Kier alpha value is -3.12. The van der Waals surface area contributed by atoms with Gasteiger partial charge in [0, 0.05) is 22.2 Å². The molecule has 3 N–H and O–H groups in total. The van der Waals surface area contributed by atoms with Gasteiger partial charge in [-0.2, -0.15) is 0 Å². The van der Waals surface area contributed by atoms with Crippen molar-refractivity contribution in [3.05, 3.63) is 71.9 Å². The Morgan fingerprint density at radius 3 is 2.58 bits per heavy atom. The van der Waals surface area contributed by atoms with Gasteiger partial charge in [0.15, 0.2) is 0 Å². The number of benzene rings is 2. The number of nitrogens with two attached hydrogens (primary N) is 1. The van der Waals surface area contributed by atoms with Crippen LogP contribution in [0.2, 0.25) is 0 Å². The molecule has 2 aromatic heterocycles. The van der Waals surface area contributed by atoms with Gasteiger partial charge in [-0.05, 0) is 49.4 Å². The number of carbonyl (C=O) groups is 1. The molecule has 5 nitrogen and oxygen atoms in total. The highest BCUT2D eigenvalue weighted by atomic mass is 32.2. The molecule has 2 heterocycles. The first-order valence-electron chi connectivity index (χ1n) is 8.09. The summed E-state index contributed by atoms with van der Waals surface area (Å²) in [5.41, 5.74) is 9.46. The number of aryl methyl sites for hydroxylation is 1. The molecule has 4 aromatic rings. The van der Waals surface area contributed by atoms with E-state index in [0.717, 1.165) is 26.5 Å². The van der Waals surface area contributed by atoms with Crippen molar-refractivity contribution >= 4 is 28.7 Å². The molecule has 2 aromatic carbocycles. The summed E-state index contributed by atoms with van der Waals surface area (Å²) >= 11 is 1.62. The maximum Gasteiger partial charge on any atom is 0.248 e. The van der Waals surface area contributed by atoms with Crippen LogP contribution < -0.4 is 5.73 Å². The molecule has 0 radical (unpaired) electrons. The van der Waals surface area contributed by atoms with Crippen LogP contribution in [0.1, 0.15) is 15.9 Å². The van der Waals surface area contributed by atoms with E-state index in [0.29, 0.717) is 11.4 Å². The largest absolute Gasteiger partial charge is 0.366 e. The fourth-order valence-electron chi connectivity index (χ4n) is 2.61. The molecule has 0 saturated heterocycles. The third kappa shape index (κ3) is 3.32. The smallest absolute Gasteiger partial charge is 0.248 e. The van der Waals surface area contributed by atoms with Crippen LogP contribution in [0.3, 0.4) is 0 Å². The lowest BCUT2D eigenvalue weighted by Gasteiger charge is -2.02. The number of pyridine rings is 1. The number of amides is 1. The van der Waals surface area contributed by atoms with Crippen LogP contribution in [0.5, 0.6) is 0 Å². The Bertz CT molecular complexity index is 1090. The van der Waals surface area contributed by atoms with E-state index in [9.17, 15) is 4.79 Å². The maximum absolute atomic E-state index is 11.3. The number of primary amides is 1. The molecular formula is C20H16N4OS. The molecule has 1 amide bonds. The van der Waals surface area contributed by atoms with Crippen molar-refractivity contribution < 1.29 is 4.79 Å². The number of aromatic amines is 1. The molecule has 0 aliphatic rings. The normalized spacial score (nSPS) is 11.0. The second-order valence-electron chi connectivity index (χ2n) is 5.98. The van der Waals surface area contributed by atoms with Gasteiger partial charge in [-0.1, -0.05) is 29.5 Å². The first-order chi connectivity index (χ1) is 12.6. The highest BCUT2D eigenvalue weighted by Gasteiger charge is 2.09. The van der Waals surface area contributed by atoms with E-state index in [1.54, 1.807) is 36.2 Å². The van der Waals surface area contributed by atoms with Crippen molar-refractivity contribution in [1.29, 1.82) is 0 Å². The SMILES string of the molecule is Cc1ccc(Sc2ccc(-c3nc4ccc(C(N)=O)cc4[nH]3)cn2)cc1. The minimum absolute atomic E-state index is 0.454. The van der Waals surface area contributed by atoms with E-state index >= 15 is 0 Å². The number of fused-ring (bicyclic) bond motifs is 1. The Morgan fingerprint density at radius 1 is 1.08 bits per heavy atom. The Morgan fingerprint density at radius 2 is 1.88 bits per heavy atom. The van der Waals surface area contributed by atoms with E-state index in [1.807, 2.05) is 12.1 Å². The van der Waals surface area contributed by atoms with Gasteiger partial charge in [0.1, 0.15) is 10.9 Å². The third-order valence-electron chi connectivity index (χ3n) is 4.02. The summed E-state index contributed by atoms with van der Waals surface area (Å²) in [7, 11) is 0. The summed E-state index contributed by atoms with van der Waals surface area (Å²) in [6, 6.07) is 17.5.